The van der Waals surface area contributed by atoms with Crippen LogP contribution in [0.3, 0.4) is 0 Å². The second-order valence-corrected chi connectivity index (χ2v) is 10.9. The van der Waals surface area contributed by atoms with E-state index < -0.39 is 21.0 Å². The van der Waals surface area contributed by atoms with Crippen molar-refractivity contribution >= 4 is 9.84 Å². The molecule has 0 N–H and O–H groups in total. The molecule has 0 radical (unpaired) electrons. The molecule has 1 aromatic carbocycles. The lowest BCUT2D eigenvalue weighted by atomic mass is 9.90. The minimum Gasteiger partial charge on any atom is -0.494 e. The highest BCUT2D eigenvalue weighted by Gasteiger charge is 2.41. The Labute approximate surface area is 169 Å². The molecule has 156 valence electrons. The second kappa shape index (κ2) is 7.81. The van der Waals surface area contributed by atoms with Gasteiger partial charge in [-0.3, -0.25) is 0 Å². The summed E-state index contributed by atoms with van der Waals surface area (Å²) < 4.78 is 43.8. The number of ether oxygens (including phenoxy) is 3. The molecule has 3 rings (SSSR count). The Bertz CT molecular complexity index is 811. The minimum absolute atomic E-state index is 0.00338. The summed E-state index contributed by atoms with van der Waals surface area (Å²) in [6.07, 6.45) is 4.55. The first kappa shape index (κ1) is 21.3. The SMILES string of the molecule is C[C@H]1OC(C)(C)O[C@@H]1C[C@@H]1CCC=C(C(C)(C)CS(=O)(=O)c2ccccc2)O1. The largest absolute Gasteiger partial charge is 0.494 e. The highest BCUT2D eigenvalue weighted by molar-refractivity contribution is 7.91. The van der Waals surface area contributed by atoms with Crippen molar-refractivity contribution in [2.45, 2.75) is 82.9 Å². The highest BCUT2D eigenvalue weighted by atomic mass is 32.2. The zero-order chi connectivity index (χ0) is 20.6. The van der Waals surface area contributed by atoms with Gasteiger partial charge in [0.2, 0.25) is 0 Å². The van der Waals surface area contributed by atoms with Crippen molar-refractivity contribution in [3.05, 3.63) is 42.2 Å². The third-order valence-electron chi connectivity index (χ3n) is 5.36. The summed E-state index contributed by atoms with van der Waals surface area (Å²) in [4.78, 5) is 0.351. The van der Waals surface area contributed by atoms with Crippen molar-refractivity contribution in [2.24, 2.45) is 5.41 Å². The Morgan fingerprint density at radius 1 is 1.14 bits per heavy atom. The van der Waals surface area contributed by atoms with Crippen LogP contribution in [-0.4, -0.2) is 38.3 Å². The maximum absolute atomic E-state index is 12.8. The summed E-state index contributed by atoms with van der Waals surface area (Å²) in [5.74, 6) is 0.198. The van der Waals surface area contributed by atoms with Gasteiger partial charge in [0, 0.05) is 11.8 Å². The smallest absolute Gasteiger partial charge is 0.179 e. The number of hydrogen-bond acceptors (Lipinski definition) is 5. The van der Waals surface area contributed by atoms with Gasteiger partial charge in [-0.05, 0) is 51.8 Å². The lowest BCUT2D eigenvalue weighted by molar-refractivity contribution is -0.147. The molecule has 6 heteroatoms. The van der Waals surface area contributed by atoms with E-state index >= 15 is 0 Å². The number of hydrogen-bond donors (Lipinski definition) is 0. The van der Waals surface area contributed by atoms with Crippen molar-refractivity contribution < 1.29 is 22.6 Å². The van der Waals surface area contributed by atoms with E-state index in [4.69, 9.17) is 14.2 Å². The molecule has 3 atom stereocenters. The molecule has 2 aliphatic heterocycles. The number of sulfone groups is 1. The first-order valence-corrected chi connectivity index (χ1v) is 11.6. The van der Waals surface area contributed by atoms with E-state index in [0.29, 0.717) is 4.90 Å². The Hall–Kier alpha value is -1.37. The molecule has 0 amide bonds. The van der Waals surface area contributed by atoms with Crippen LogP contribution in [0.4, 0.5) is 0 Å². The molecule has 1 fully saturated rings. The van der Waals surface area contributed by atoms with Crippen LogP contribution in [0, 0.1) is 5.41 Å². The van der Waals surface area contributed by atoms with E-state index in [1.807, 2.05) is 46.8 Å². The molecule has 0 aromatic heterocycles. The average molecular weight is 409 g/mol. The summed E-state index contributed by atoms with van der Waals surface area (Å²) >= 11 is 0. The minimum atomic E-state index is -3.40. The topological polar surface area (TPSA) is 61.8 Å². The lowest BCUT2D eigenvalue weighted by Gasteiger charge is -2.35. The molecule has 2 aliphatic rings. The third kappa shape index (κ3) is 4.97. The van der Waals surface area contributed by atoms with E-state index in [9.17, 15) is 8.42 Å². The molecule has 5 nitrogen and oxygen atoms in total. The van der Waals surface area contributed by atoms with E-state index in [2.05, 4.69) is 0 Å². The van der Waals surface area contributed by atoms with Gasteiger partial charge in [0.1, 0.15) is 6.10 Å². The maximum Gasteiger partial charge on any atom is 0.179 e. The molecule has 1 saturated heterocycles. The summed E-state index contributed by atoms with van der Waals surface area (Å²) in [5.41, 5.74) is -0.606. The van der Waals surface area contributed by atoms with Gasteiger partial charge >= 0.3 is 0 Å². The molecule has 0 bridgehead atoms. The van der Waals surface area contributed by atoms with Gasteiger partial charge in [0.15, 0.2) is 15.6 Å². The van der Waals surface area contributed by atoms with Gasteiger partial charge in [-0.2, -0.15) is 0 Å². The van der Waals surface area contributed by atoms with Crippen LogP contribution in [0.1, 0.15) is 53.9 Å². The summed E-state index contributed by atoms with van der Waals surface area (Å²) in [6.45, 7) is 9.74. The van der Waals surface area contributed by atoms with Crippen LogP contribution < -0.4 is 0 Å². The Kier molecular flexibility index (Phi) is 5.95. The van der Waals surface area contributed by atoms with Gasteiger partial charge in [0.25, 0.3) is 0 Å². The number of rotatable bonds is 6. The third-order valence-corrected chi connectivity index (χ3v) is 7.45. The summed E-state index contributed by atoms with van der Waals surface area (Å²) in [5, 5.41) is 0. The quantitative estimate of drug-likeness (QED) is 0.694. The van der Waals surface area contributed by atoms with Crippen LogP contribution in [0.5, 0.6) is 0 Å². The fourth-order valence-electron chi connectivity index (χ4n) is 4.06. The molecule has 0 aliphatic carbocycles. The molecule has 28 heavy (non-hydrogen) atoms. The monoisotopic (exact) mass is 408 g/mol. The number of allylic oxidation sites excluding steroid dienone is 2. The van der Waals surface area contributed by atoms with Crippen molar-refractivity contribution in [3.8, 4) is 0 Å². The van der Waals surface area contributed by atoms with Crippen LogP contribution in [0.15, 0.2) is 47.1 Å². The molecule has 1 aromatic rings. The van der Waals surface area contributed by atoms with Gasteiger partial charge in [0.05, 0.1) is 28.6 Å². The van der Waals surface area contributed by atoms with Gasteiger partial charge in [-0.1, -0.05) is 32.0 Å². The van der Waals surface area contributed by atoms with Crippen molar-refractivity contribution in [3.63, 3.8) is 0 Å². The molecule has 0 unspecified atom stereocenters. The Morgan fingerprint density at radius 3 is 2.43 bits per heavy atom. The first-order valence-electron chi connectivity index (χ1n) is 9.99. The normalized spacial score (nSPS) is 27.9. The predicted octanol–water partition coefficient (Wildman–Crippen LogP) is 4.48. The number of benzene rings is 1. The molecule has 0 saturated carbocycles. The Balaban J connectivity index is 1.67. The van der Waals surface area contributed by atoms with Gasteiger partial charge in [-0.25, -0.2) is 8.42 Å². The van der Waals surface area contributed by atoms with Crippen molar-refractivity contribution in [1.82, 2.24) is 0 Å². The fraction of sp³-hybridized carbons (Fsp3) is 0.636. The van der Waals surface area contributed by atoms with Crippen molar-refractivity contribution in [2.75, 3.05) is 5.75 Å². The summed E-state index contributed by atoms with van der Waals surface area (Å²) in [7, 11) is -3.40. The average Bonchev–Trinajstić information content (AvgIpc) is 2.86. The Morgan fingerprint density at radius 2 is 1.82 bits per heavy atom. The summed E-state index contributed by atoms with van der Waals surface area (Å²) in [6, 6.07) is 8.60. The standard InChI is InChI=1S/C22H32O5S/c1-16-19(27-22(4,5)26-16)14-17-10-9-13-20(25-17)21(2,3)15-28(23,24)18-11-7-6-8-12-18/h6-8,11-13,16-17,19H,9-10,14-15H2,1-5H3/t16-,17+,19-/m1/s1. The fourth-order valence-corrected chi connectivity index (χ4v) is 5.89. The van der Waals surface area contributed by atoms with Crippen LogP contribution >= 0.6 is 0 Å². The molecule has 0 spiro atoms. The zero-order valence-corrected chi connectivity index (χ0v) is 18.3. The van der Waals surface area contributed by atoms with Crippen LogP contribution in [0.25, 0.3) is 0 Å². The van der Waals surface area contributed by atoms with E-state index in [0.717, 1.165) is 25.0 Å². The molecular formula is C22H32O5S. The molecular weight excluding hydrogens is 376 g/mol. The van der Waals surface area contributed by atoms with Crippen LogP contribution in [-0.2, 0) is 24.0 Å². The maximum atomic E-state index is 12.8. The predicted molar refractivity (Wildman–Crippen MR) is 109 cm³/mol. The van der Waals surface area contributed by atoms with E-state index in [-0.39, 0.29) is 24.1 Å². The second-order valence-electron chi connectivity index (χ2n) is 8.96. The lowest BCUT2D eigenvalue weighted by Crippen LogP contribution is -2.34. The zero-order valence-electron chi connectivity index (χ0n) is 17.5. The van der Waals surface area contributed by atoms with E-state index in [1.165, 1.54) is 0 Å². The van der Waals surface area contributed by atoms with Crippen molar-refractivity contribution in [1.29, 1.82) is 0 Å². The van der Waals surface area contributed by atoms with E-state index in [1.54, 1.807) is 24.3 Å². The van der Waals surface area contributed by atoms with Crippen LogP contribution in [0.2, 0.25) is 0 Å². The van der Waals surface area contributed by atoms with Gasteiger partial charge in [-0.15, -0.1) is 0 Å². The highest BCUT2D eigenvalue weighted by Crippen LogP contribution is 2.38. The van der Waals surface area contributed by atoms with Gasteiger partial charge < -0.3 is 14.2 Å². The molecule has 2 heterocycles. The first-order chi connectivity index (χ1) is 13.0.